The maximum absolute atomic E-state index is 13.6. The van der Waals surface area contributed by atoms with E-state index in [0.717, 1.165) is 35.4 Å². The van der Waals surface area contributed by atoms with Crippen molar-refractivity contribution in [3.8, 4) is 5.75 Å². The van der Waals surface area contributed by atoms with Gasteiger partial charge in [-0.25, -0.2) is 14.2 Å². The van der Waals surface area contributed by atoms with Gasteiger partial charge in [-0.15, -0.1) is 0 Å². The number of urea groups is 1. The van der Waals surface area contributed by atoms with Gasteiger partial charge < -0.3 is 14.6 Å². The molecule has 2 N–H and O–H groups in total. The van der Waals surface area contributed by atoms with E-state index in [1.165, 1.54) is 12.1 Å². The summed E-state index contributed by atoms with van der Waals surface area (Å²) < 4.78 is 24.0. The average molecular weight is 402 g/mol. The minimum atomic E-state index is -0.418. The van der Waals surface area contributed by atoms with Gasteiger partial charge in [-0.3, -0.25) is 4.72 Å². The SMILES string of the molecule is CCn1c(C)nc2cccc(NC(=O)NSc3cc(F)ccc3OC(C)C)c21. The number of imidazole rings is 1. The molecule has 0 aliphatic heterocycles. The van der Waals surface area contributed by atoms with Crippen molar-refractivity contribution in [1.82, 2.24) is 14.3 Å². The van der Waals surface area contributed by atoms with Gasteiger partial charge in [-0.1, -0.05) is 6.07 Å². The first-order valence-electron chi connectivity index (χ1n) is 9.05. The van der Waals surface area contributed by atoms with Gasteiger partial charge in [-0.05, 0) is 70.0 Å². The van der Waals surface area contributed by atoms with Crippen LogP contribution in [0.3, 0.4) is 0 Å². The normalized spacial score (nSPS) is 11.1. The number of anilines is 1. The molecule has 0 saturated heterocycles. The monoisotopic (exact) mass is 402 g/mol. The summed E-state index contributed by atoms with van der Waals surface area (Å²) in [4.78, 5) is 17.5. The molecule has 8 heteroatoms. The topological polar surface area (TPSA) is 68.2 Å². The molecule has 0 fully saturated rings. The summed E-state index contributed by atoms with van der Waals surface area (Å²) in [5.41, 5.74) is 2.36. The van der Waals surface area contributed by atoms with E-state index in [1.54, 1.807) is 6.07 Å². The molecule has 2 amide bonds. The van der Waals surface area contributed by atoms with E-state index in [1.807, 2.05) is 50.5 Å². The van der Waals surface area contributed by atoms with Crippen LogP contribution in [0, 0.1) is 12.7 Å². The first-order valence-corrected chi connectivity index (χ1v) is 9.86. The van der Waals surface area contributed by atoms with E-state index in [0.29, 0.717) is 16.3 Å². The number of benzene rings is 2. The molecule has 0 saturated carbocycles. The fourth-order valence-corrected chi connectivity index (χ4v) is 3.59. The van der Waals surface area contributed by atoms with Crippen molar-refractivity contribution in [3.63, 3.8) is 0 Å². The van der Waals surface area contributed by atoms with Crippen LogP contribution in [0.4, 0.5) is 14.9 Å². The lowest BCUT2D eigenvalue weighted by Gasteiger charge is -2.14. The van der Waals surface area contributed by atoms with E-state index in [-0.39, 0.29) is 6.10 Å². The van der Waals surface area contributed by atoms with Gasteiger partial charge in [0.1, 0.15) is 17.4 Å². The lowest BCUT2D eigenvalue weighted by Crippen LogP contribution is -2.23. The molecule has 1 heterocycles. The second-order valence-corrected chi connectivity index (χ2v) is 7.34. The molecule has 0 spiro atoms. The highest BCUT2D eigenvalue weighted by Gasteiger charge is 2.14. The zero-order valence-electron chi connectivity index (χ0n) is 16.2. The Morgan fingerprint density at radius 3 is 2.82 bits per heavy atom. The van der Waals surface area contributed by atoms with Crippen LogP contribution >= 0.6 is 11.9 Å². The zero-order valence-corrected chi connectivity index (χ0v) is 17.1. The van der Waals surface area contributed by atoms with Crippen molar-refractivity contribution < 1.29 is 13.9 Å². The maximum Gasteiger partial charge on any atom is 0.329 e. The number of nitrogens with one attached hydrogen (secondary N) is 2. The Bertz CT molecular complexity index is 1000. The number of halogens is 1. The molecule has 0 radical (unpaired) electrons. The highest BCUT2D eigenvalue weighted by Crippen LogP contribution is 2.30. The number of aromatic nitrogens is 2. The summed E-state index contributed by atoms with van der Waals surface area (Å²) in [5.74, 6) is 1.01. The zero-order chi connectivity index (χ0) is 20.3. The van der Waals surface area contributed by atoms with Crippen molar-refractivity contribution in [3.05, 3.63) is 48.0 Å². The molecule has 148 valence electrons. The molecule has 3 aromatic rings. The summed E-state index contributed by atoms with van der Waals surface area (Å²) in [7, 11) is 0. The average Bonchev–Trinajstić information content (AvgIpc) is 2.97. The van der Waals surface area contributed by atoms with Crippen molar-refractivity contribution in [2.45, 2.75) is 45.2 Å². The minimum absolute atomic E-state index is 0.0613. The van der Waals surface area contributed by atoms with Crippen LogP contribution in [-0.4, -0.2) is 21.7 Å². The van der Waals surface area contributed by atoms with Gasteiger partial charge in [0.05, 0.1) is 27.7 Å². The van der Waals surface area contributed by atoms with Gasteiger partial charge in [0, 0.05) is 6.54 Å². The first kappa shape index (κ1) is 20.0. The molecule has 0 aliphatic carbocycles. The molecule has 0 aliphatic rings. The Kier molecular flexibility index (Phi) is 6.08. The van der Waals surface area contributed by atoms with Crippen molar-refractivity contribution in [1.29, 1.82) is 0 Å². The third-order valence-electron chi connectivity index (χ3n) is 4.04. The van der Waals surface area contributed by atoms with Gasteiger partial charge in [0.2, 0.25) is 0 Å². The van der Waals surface area contributed by atoms with Crippen LogP contribution < -0.4 is 14.8 Å². The summed E-state index contributed by atoms with van der Waals surface area (Å²) in [5, 5.41) is 2.85. The van der Waals surface area contributed by atoms with E-state index in [2.05, 4.69) is 15.0 Å². The van der Waals surface area contributed by atoms with E-state index in [9.17, 15) is 9.18 Å². The molecule has 6 nitrogen and oxygen atoms in total. The van der Waals surface area contributed by atoms with Crippen molar-refractivity contribution >= 4 is 34.7 Å². The summed E-state index contributed by atoms with van der Waals surface area (Å²) >= 11 is 1.00. The second-order valence-electron chi connectivity index (χ2n) is 6.49. The number of hydrogen-bond donors (Lipinski definition) is 2. The summed E-state index contributed by atoms with van der Waals surface area (Å²) in [6, 6.07) is 9.39. The van der Waals surface area contributed by atoms with Crippen molar-refractivity contribution in [2.75, 3.05) is 5.32 Å². The van der Waals surface area contributed by atoms with Gasteiger partial charge >= 0.3 is 6.03 Å². The molecule has 0 atom stereocenters. The number of carbonyl (C=O) groups is 1. The van der Waals surface area contributed by atoms with Crippen LogP contribution in [0.2, 0.25) is 0 Å². The number of hydrogen-bond acceptors (Lipinski definition) is 4. The number of amides is 2. The number of aryl methyl sites for hydroxylation is 2. The smallest absolute Gasteiger partial charge is 0.329 e. The highest BCUT2D eigenvalue weighted by atomic mass is 32.2. The molecule has 28 heavy (non-hydrogen) atoms. The fourth-order valence-electron chi connectivity index (χ4n) is 2.95. The minimum Gasteiger partial charge on any atom is -0.490 e. The van der Waals surface area contributed by atoms with Gasteiger partial charge in [0.15, 0.2) is 0 Å². The second kappa shape index (κ2) is 8.52. The Hall–Kier alpha value is -2.74. The predicted molar refractivity (Wildman–Crippen MR) is 110 cm³/mol. The summed E-state index contributed by atoms with van der Waals surface area (Å²) in [6.07, 6.45) is -0.0613. The first-order chi connectivity index (χ1) is 13.4. The van der Waals surface area contributed by atoms with Crippen LogP contribution in [0.15, 0.2) is 41.3 Å². The Morgan fingerprint density at radius 2 is 2.11 bits per heavy atom. The largest absolute Gasteiger partial charge is 0.490 e. The van der Waals surface area contributed by atoms with E-state index in [4.69, 9.17) is 4.74 Å². The van der Waals surface area contributed by atoms with Gasteiger partial charge in [0.25, 0.3) is 0 Å². The third-order valence-corrected chi connectivity index (χ3v) is 4.87. The number of fused-ring (bicyclic) bond motifs is 1. The third kappa shape index (κ3) is 4.39. The van der Waals surface area contributed by atoms with E-state index >= 15 is 0 Å². The Labute approximate surface area is 167 Å². The number of ether oxygens (including phenoxy) is 1. The summed E-state index contributed by atoms with van der Waals surface area (Å²) in [6.45, 7) is 8.48. The van der Waals surface area contributed by atoms with Crippen molar-refractivity contribution in [2.24, 2.45) is 0 Å². The van der Waals surface area contributed by atoms with Crippen LogP contribution in [0.25, 0.3) is 11.0 Å². The lowest BCUT2D eigenvalue weighted by molar-refractivity contribution is 0.236. The molecule has 2 aromatic carbocycles. The predicted octanol–water partition coefficient (Wildman–Crippen LogP) is 5.12. The number of para-hydroxylation sites is 1. The highest BCUT2D eigenvalue weighted by molar-refractivity contribution is 7.98. The standard InChI is InChI=1S/C20H23FN4O2S/c1-5-25-13(4)22-15-7-6-8-16(19(15)25)23-20(26)24-28-18-11-14(21)9-10-17(18)27-12(2)3/h6-12H,5H2,1-4H3,(H2,23,24,26). The quantitative estimate of drug-likeness (QED) is 0.562. The number of nitrogens with zero attached hydrogens (tertiary/aromatic N) is 2. The lowest BCUT2D eigenvalue weighted by atomic mass is 10.2. The Morgan fingerprint density at radius 1 is 1.32 bits per heavy atom. The molecular weight excluding hydrogens is 379 g/mol. The van der Waals surface area contributed by atoms with Crippen LogP contribution in [0.1, 0.15) is 26.6 Å². The molecule has 1 aromatic heterocycles. The maximum atomic E-state index is 13.6. The van der Waals surface area contributed by atoms with Gasteiger partial charge in [-0.2, -0.15) is 0 Å². The Balaban J connectivity index is 1.76. The molecular formula is C20H23FN4O2S. The fraction of sp³-hybridized carbons (Fsp3) is 0.300. The number of carbonyl (C=O) groups excluding carboxylic acids is 1. The van der Waals surface area contributed by atoms with Crippen LogP contribution in [-0.2, 0) is 6.54 Å². The molecule has 0 unspecified atom stereocenters. The molecule has 0 bridgehead atoms. The molecule has 3 rings (SSSR count). The van der Waals surface area contributed by atoms with Crippen LogP contribution in [0.5, 0.6) is 5.75 Å². The van der Waals surface area contributed by atoms with E-state index < -0.39 is 11.8 Å². The number of rotatable bonds is 6.